The fourth-order valence-electron chi connectivity index (χ4n) is 2.04. The minimum absolute atomic E-state index is 0.0480. The highest BCUT2D eigenvalue weighted by Gasteiger charge is 2.19. The van der Waals surface area contributed by atoms with Crippen LogP contribution in [0.5, 0.6) is 0 Å². The van der Waals surface area contributed by atoms with Gasteiger partial charge in [0.2, 0.25) is 0 Å². The van der Waals surface area contributed by atoms with E-state index in [1.165, 1.54) is 0 Å². The quantitative estimate of drug-likeness (QED) is 0.598. The third-order valence-electron chi connectivity index (χ3n) is 2.98. The fourth-order valence-corrected chi connectivity index (χ4v) is 2.63. The van der Waals surface area contributed by atoms with Crippen LogP contribution in [0.4, 0.5) is 22.7 Å². The molecular formula is C15H16BrN3O2. The largest absolute Gasteiger partial charge is 0.380 e. The first kappa shape index (κ1) is 15.3. The maximum absolute atomic E-state index is 11.4. The van der Waals surface area contributed by atoms with Gasteiger partial charge in [0.15, 0.2) is 0 Å². The molecule has 0 amide bonds. The maximum Gasteiger partial charge on any atom is 0.315 e. The first-order valence-electron chi connectivity index (χ1n) is 6.57. The molecule has 0 radical (unpaired) electrons. The molecule has 0 aliphatic heterocycles. The molecule has 0 bridgehead atoms. The zero-order valence-corrected chi connectivity index (χ0v) is 13.4. The summed E-state index contributed by atoms with van der Waals surface area (Å²) < 4.78 is 0.866. The number of nitrogens with one attached hydrogen (secondary N) is 2. The Bertz CT molecular complexity index is 674. The van der Waals surface area contributed by atoms with E-state index >= 15 is 0 Å². The molecule has 110 valence electrons. The molecule has 0 spiro atoms. The van der Waals surface area contributed by atoms with Crippen molar-refractivity contribution >= 4 is 38.7 Å². The number of benzene rings is 2. The Morgan fingerprint density at radius 1 is 1.19 bits per heavy atom. The predicted octanol–water partition coefficient (Wildman–Crippen LogP) is 4.84. The lowest BCUT2D eigenvalue weighted by Gasteiger charge is -2.12. The van der Waals surface area contributed by atoms with Gasteiger partial charge >= 0.3 is 5.69 Å². The second-order valence-electron chi connectivity index (χ2n) is 4.60. The van der Waals surface area contributed by atoms with Gasteiger partial charge in [-0.2, -0.15) is 0 Å². The normalized spacial score (nSPS) is 10.2. The molecule has 5 nitrogen and oxygen atoms in total. The van der Waals surface area contributed by atoms with Crippen LogP contribution in [0.3, 0.4) is 0 Å². The van der Waals surface area contributed by atoms with E-state index in [2.05, 4.69) is 26.6 Å². The molecule has 0 atom stereocenters. The van der Waals surface area contributed by atoms with Gasteiger partial charge in [0.25, 0.3) is 0 Å². The van der Waals surface area contributed by atoms with Crippen LogP contribution >= 0.6 is 15.9 Å². The van der Waals surface area contributed by atoms with Gasteiger partial charge in [-0.3, -0.25) is 10.1 Å². The summed E-state index contributed by atoms with van der Waals surface area (Å²) >= 11 is 3.47. The number of hydrogen-bond donors (Lipinski definition) is 2. The Labute approximate surface area is 131 Å². The van der Waals surface area contributed by atoms with Crippen molar-refractivity contribution in [2.45, 2.75) is 13.8 Å². The highest BCUT2D eigenvalue weighted by Crippen LogP contribution is 2.36. The van der Waals surface area contributed by atoms with E-state index in [-0.39, 0.29) is 10.6 Å². The van der Waals surface area contributed by atoms with Crippen LogP contribution in [-0.2, 0) is 0 Å². The Morgan fingerprint density at radius 2 is 1.90 bits per heavy atom. The van der Waals surface area contributed by atoms with Gasteiger partial charge in [-0.25, -0.2) is 0 Å². The third-order valence-corrected chi connectivity index (χ3v) is 3.64. The molecule has 2 aromatic carbocycles. The number of nitro benzene ring substituents is 1. The van der Waals surface area contributed by atoms with Crippen LogP contribution < -0.4 is 10.6 Å². The highest BCUT2D eigenvalue weighted by molar-refractivity contribution is 9.10. The number of nitro groups is 1. The summed E-state index contributed by atoms with van der Waals surface area (Å²) in [6.07, 6.45) is 0. The van der Waals surface area contributed by atoms with Crippen molar-refractivity contribution in [3.63, 3.8) is 0 Å². The van der Waals surface area contributed by atoms with Gasteiger partial charge in [0.05, 0.1) is 10.6 Å². The molecule has 0 saturated heterocycles. The van der Waals surface area contributed by atoms with Crippen molar-refractivity contribution in [3.8, 4) is 0 Å². The smallest absolute Gasteiger partial charge is 0.315 e. The van der Waals surface area contributed by atoms with E-state index in [0.717, 1.165) is 15.7 Å². The number of halogens is 1. The zero-order chi connectivity index (χ0) is 15.4. The van der Waals surface area contributed by atoms with Gasteiger partial charge in [0, 0.05) is 11.0 Å². The van der Waals surface area contributed by atoms with Gasteiger partial charge in [0.1, 0.15) is 11.4 Å². The second-order valence-corrected chi connectivity index (χ2v) is 5.45. The van der Waals surface area contributed by atoms with E-state index in [1.807, 2.05) is 32.0 Å². The number of nitrogens with zero attached hydrogens (tertiary/aromatic N) is 1. The summed E-state index contributed by atoms with van der Waals surface area (Å²) in [7, 11) is 0. The zero-order valence-electron chi connectivity index (χ0n) is 11.8. The number of hydrogen-bond acceptors (Lipinski definition) is 4. The van der Waals surface area contributed by atoms with E-state index < -0.39 is 0 Å². The summed E-state index contributed by atoms with van der Waals surface area (Å²) in [5.74, 6) is 0. The summed E-state index contributed by atoms with van der Waals surface area (Å²) in [5.41, 5.74) is 2.92. The molecule has 0 saturated carbocycles. The number of anilines is 3. The Morgan fingerprint density at radius 3 is 2.52 bits per heavy atom. The van der Waals surface area contributed by atoms with E-state index in [1.54, 1.807) is 18.2 Å². The number of para-hydroxylation sites is 1. The lowest BCUT2D eigenvalue weighted by Crippen LogP contribution is -2.04. The molecule has 0 aliphatic carbocycles. The minimum Gasteiger partial charge on any atom is -0.380 e. The van der Waals surface area contributed by atoms with Crippen molar-refractivity contribution in [3.05, 3.63) is 56.5 Å². The highest BCUT2D eigenvalue weighted by atomic mass is 79.9. The molecule has 21 heavy (non-hydrogen) atoms. The van der Waals surface area contributed by atoms with Crippen LogP contribution in [0, 0.1) is 17.0 Å². The topological polar surface area (TPSA) is 67.2 Å². The number of rotatable bonds is 5. The maximum atomic E-state index is 11.4. The molecule has 0 aromatic heterocycles. The SMILES string of the molecule is CCNc1cccc(Nc2ccc(C)cc2Br)c1[N+](=O)[O-]. The minimum atomic E-state index is -0.373. The van der Waals surface area contributed by atoms with Gasteiger partial charge in [-0.1, -0.05) is 12.1 Å². The lowest BCUT2D eigenvalue weighted by atomic mass is 10.2. The standard InChI is InChI=1S/C15H16BrN3O2/c1-3-17-13-5-4-6-14(15(13)19(20)21)18-12-8-7-10(2)9-11(12)16/h4-9,17-18H,3H2,1-2H3. The molecule has 0 unspecified atom stereocenters. The van der Waals surface area contributed by atoms with Crippen molar-refractivity contribution in [1.29, 1.82) is 0 Å². The predicted molar refractivity (Wildman–Crippen MR) is 89.4 cm³/mol. The molecule has 0 fully saturated rings. The first-order valence-corrected chi connectivity index (χ1v) is 7.36. The average molecular weight is 350 g/mol. The van der Waals surface area contributed by atoms with Crippen molar-refractivity contribution in [1.82, 2.24) is 0 Å². The fraction of sp³-hybridized carbons (Fsp3) is 0.200. The van der Waals surface area contributed by atoms with Crippen LogP contribution in [0.25, 0.3) is 0 Å². The molecule has 0 heterocycles. The van der Waals surface area contributed by atoms with Crippen LogP contribution in [0.2, 0.25) is 0 Å². The molecule has 2 N–H and O–H groups in total. The summed E-state index contributed by atoms with van der Waals surface area (Å²) in [4.78, 5) is 11.0. The first-order chi connectivity index (χ1) is 10.0. The van der Waals surface area contributed by atoms with E-state index in [0.29, 0.717) is 17.9 Å². The van der Waals surface area contributed by atoms with E-state index in [4.69, 9.17) is 0 Å². The third kappa shape index (κ3) is 3.52. The molecular weight excluding hydrogens is 334 g/mol. The summed E-state index contributed by atoms with van der Waals surface area (Å²) in [6, 6.07) is 11.0. The lowest BCUT2D eigenvalue weighted by molar-refractivity contribution is -0.383. The van der Waals surface area contributed by atoms with Crippen LogP contribution in [0.1, 0.15) is 12.5 Å². The van der Waals surface area contributed by atoms with Crippen LogP contribution in [-0.4, -0.2) is 11.5 Å². The van der Waals surface area contributed by atoms with Gasteiger partial charge in [-0.15, -0.1) is 0 Å². The van der Waals surface area contributed by atoms with E-state index in [9.17, 15) is 10.1 Å². The molecule has 6 heteroatoms. The van der Waals surface area contributed by atoms with Crippen molar-refractivity contribution < 1.29 is 4.92 Å². The Kier molecular flexibility index (Phi) is 4.80. The van der Waals surface area contributed by atoms with Gasteiger partial charge < -0.3 is 10.6 Å². The second kappa shape index (κ2) is 6.58. The molecule has 0 aliphatic rings. The summed E-state index contributed by atoms with van der Waals surface area (Å²) in [5, 5.41) is 17.5. The monoisotopic (exact) mass is 349 g/mol. The number of aryl methyl sites for hydroxylation is 1. The average Bonchev–Trinajstić information content (AvgIpc) is 2.42. The van der Waals surface area contributed by atoms with Crippen molar-refractivity contribution in [2.75, 3.05) is 17.2 Å². The Hall–Kier alpha value is -2.08. The van der Waals surface area contributed by atoms with Crippen molar-refractivity contribution in [2.24, 2.45) is 0 Å². The molecule has 2 aromatic rings. The molecule has 2 rings (SSSR count). The van der Waals surface area contributed by atoms with Crippen LogP contribution in [0.15, 0.2) is 40.9 Å². The van der Waals surface area contributed by atoms with Gasteiger partial charge in [-0.05, 0) is 59.6 Å². The summed E-state index contributed by atoms with van der Waals surface area (Å²) in [6.45, 7) is 4.52. The Balaban J connectivity index is 2.43.